The van der Waals surface area contributed by atoms with Crippen molar-refractivity contribution in [2.45, 2.75) is 24.9 Å². The molecule has 0 amide bonds. The van der Waals surface area contributed by atoms with Gasteiger partial charge in [0.25, 0.3) is 0 Å². The summed E-state index contributed by atoms with van der Waals surface area (Å²) in [6.07, 6.45) is -2.36. The van der Waals surface area contributed by atoms with E-state index in [1.807, 2.05) is 30.3 Å². The molecular weight excluding hydrogens is 413 g/mol. The van der Waals surface area contributed by atoms with Gasteiger partial charge in [-0.2, -0.15) is 17.5 Å². The number of halogens is 3. The third kappa shape index (κ3) is 6.14. The number of alkyl halides is 3. The first-order valence-electron chi connectivity index (χ1n) is 9.32. The molecule has 0 saturated heterocycles. The van der Waals surface area contributed by atoms with Gasteiger partial charge in [-0.1, -0.05) is 48.5 Å². The predicted octanol–water partition coefficient (Wildman–Crippen LogP) is 4.68. The summed E-state index contributed by atoms with van der Waals surface area (Å²) < 4.78 is 65.8. The molecule has 30 heavy (non-hydrogen) atoms. The first-order chi connectivity index (χ1) is 14.2. The second kappa shape index (κ2) is 9.40. The fraction of sp³-hybridized carbons (Fsp3) is 0.227. The number of aromatic nitrogens is 1. The first kappa shape index (κ1) is 22.0. The van der Waals surface area contributed by atoms with Crippen LogP contribution in [0, 0.1) is 0 Å². The van der Waals surface area contributed by atoms with Crippen LogP contribution in [0.2, 0.25) is 0 Å². The number of pyridine rings is 1. The average Bonchev–Trinajstić information content (AvgIpc) is 2.72. The zero-order valence-corrected chi connectivity index (χ0v) is 16.9. The van der Waals surface area contributed by atoms with Crippen molar-refractivity contribution in [1.82, 2.24) is 9.29 Å². The van der Waals surface area contributed by atoms with Crippen LogP contribution in [0.5, 0.6) is 0 Å². The lowest BCUT2D eigenvalue weighted by atomic mass is 10.1. The number of hydrogen-bond donors (Lipinski definition) is 0. The SMILES string of the molecule is O=S(=O)(Cc1ccc(C(F)(F)F)cc1)N(CCc1ccccc1)Cc1ccccn1. The molecule has 0 spiro atoms. The molecule has 3 rings (SSSR count). The Bertz CT molecular complexity index is 1040. The highest BCUT2D eigenvalue weighted by atomic mass is 32.2. The fourth-order valence-corrected chi connectivity index (χ4v) is 4.47. The van der Waals surface area contributed by atoms with E-state index in [4.69, 9.17) is 0 Å². The second-order valence-corrected chi connectivity index (χ2v) is 8.81. The summed E-state index contributed by atoms with van der Waals surface area (Å²) in [6, 6.07) is 19.0. The van der Waals surface area contributed by atoms with Crippen LogP contribution in [-0.4, -0.2) is 24.3 Å². The smallest absolute Gasteiger partial charge is 0.260 e. The largest absolute Gasteiger partial charge is 0.416 e. The molecule has 1 heterocycles. The van der Waals surface area contributed by atoms with Crippen LogP contribution in [0.25, 0.3) is 0 Å². The van der Waals surface area contributed by atoms with Gasteiger partial charge < -0.3 is 0 Å². The van der Waals surface area contributed by atoms with Gasteiger partial charge in [0.05, 0.1) is 23.6 Å². The van der Waals surface area contributed by atoms with Crippen LogP contribution in [0.3, 0.4) is 0 Å². The quantitative estimate of drug-likeness (QED) is 0.518. The Balaban J connectivity index is 1.79. The number of benzene rings is 2. The van der Waals surface area contributed by atoms with Gasteiger partial charge in [-0.25, -0.2) is 8.42 Å². The van der Waals surface area contributed by atoms with Gasteiger partial charge in [0.1, 0.15) is 0 Å². The Morgan fingerprint density at radius 1 is 0.833 bits per heavy atom. The lowest BCUT2D eigenvalue weighted by Gasteiger charge is -2.22. The Morgan fingerprint density at radius 3 is 2.10 bits per heavy atom. The summed E-state index contributed by atoms with van der Waals surface area (Å²) in [6.45, 7) is 0.334. The van der Waals surface area contributed by atoms with Crippen LogP contribution in [0.4, 0.5) is 13.2 Å². The summed E-state index contributed by atoms with van der Waals surface area (Å²) in [5, 5.41) is 0. The Morgan fingerprint density at radius 2 is 1.50 bits per heavy atom. The van der Waals surface area contributed by atoms with Crippen molar-refractivity contribution in [1.29, 1.82) is 0 Å². The maximum Gasteiger partial charge on any atom is 0.416 e. The van der Waals surface area contributed by atoms with Gasteiger partial charge in [0.2, 0.25) is 10.0 Å². The van der Waals surface area contributed by atoms with Crippen molar-refractivity contribution in [2.24, 2.45) is 0 Å². The predicted molar refractivity (Wildman–Crippen MR) is 109 cm³/mol. The molecule has 158 valence electrons. The van der Waals surface area contributed by atoms with Crippen molar-refractivity contribution in [2.75, 3.05) is 6.54 Å². The maximum absolute atomic E-state index is 13.1. The highest BCUT2D eigenvalue weighted by molar-refractivity contribution is 7.88. The van der Waals surface area contributed by atoms with Crippen LogP contribution in [0.1, 0.15) is 22.4 Å². The molecule has 0 aliphatic rings. The van der Waals surface area contributed by atoms with E-state index in [1.54, 1.807) is 24.4 Å². The zero-order chi connectivity index (χ0) is 21.6. The van der Waals surface area contributed by atoms with Crippen LogP contribution < -0.4 is 0 Å². The van der Waals surface area contributed by atoms with Crippen LogP contribution in [0.15, 0.2) is 79.0 Å². The van der Waals surface area contributed by atoms with Crippen LogP contribution in [-0.2, 0) is 34.9 Å². The lowest BCUT2D eigenvalue weighted by molar-refractivity contribution is -0.137. The molecule has 8 heteroatoms. The average molecular weight is 434 g/mol. The molecule has 0 bridgehead atoms. The van der Waals surface area contributed by atoms with E-state index in [9.17, 15) is 21.6 Å². The van der Waals surface area contributed by atoms with E-state index >= 15 is 0 Å². The molecule has 0 saturated carbocycles. The van der Waals surface area contributed by atoms with Crippen molar-refractivity contribution >= 4 is 10.0 Å². The minimum absolute atomic E-state index is 0.0939. The summed E-state index contributed by atoms with van der Waals surface area (Å²) >= 11 is 0. The molecule has 4 nitrogen and oxygen atoms in total. The second-order valence-electron chi connectivity index (χ2n) is 6.84. The van der Waals surface area contributed by atoms with Crippen LogP contribution >= 0.6 is 0 Å². The monoisotopic (exact) mass is 434 g/mol. The molecule has 1 aromatic heterocycles. The van der Waals surface area contributed by atoms with Crippen molar-refractivity contribution in [3.63, 3.8) is 0 Å². The molecule has 0 aliphatic heterocycles. The molecule has 0 fully saturated rings. The van der Waals surface area contributed by atoms with E-state index < -0.39 is 21.8 Å². The fourth-order valence-electron chi connectivity index (χ4n) is 2.98. The van der Waals surface area contributed by atoms with E-state index in [0.717, 1.165) is 17.7 Å². The molecule has 0 atom stereocenters. The molecule has 0 N–H and O–H groups in total. The van der Waals surface area contributed by atoms with Gasteiger partial charge in [0.15, 0.2) is 0 Å². The highest BCUT2D eigenvalue weighted by Gasteiger charge is 2.30. The number of nitrogens with zero attached hydrogens (tertiary/aromatic N) is 2. The molecule has 0 radical (unpaired) electrons. The lowest BCUT2D eigenvalue weighted by Crippen LogP contribution is -2.33. The van der Waals surface area contributed by atoms with Crippen molar-refractivity contribution < 1.29 is 21.6 Å². The third-order valence-electron chi connectivity index (χ3n) is 4.58. The number of hydrogen-bond acceptors (Lipinski definition) is 3. The minimum atomic E-state index is -4.46. The topological polar surface area (TPSA) is 50.3 Å². The van der Waals surface area contributed by atoms with Gasteiger partial charge >= 0.3 is 6.18 Å². The molecule has 0 unspecified atom stereocenters. The summed E-state index contributed by atoms with van der Waals surface area (Å²) in [4.78, 5) is 4.20. The molecule has 0 aliphatic carbocycles. The molecule has 3 aromatic rings. The maximum atomic E-state index is 13.1. The summed E-state index contributed by atoms with van der Waals surface area (Å²) in [5.74, 6) is -0.382. The normalized spacial score (nSPS) is 12.3. The first-order valence-corrected chi connectivity index (χ1v) is 10.9. The molecule has 2 aromatic carbocycles. The van der Waals surface area contributed by atoms with E-state index in [0.29, 0.717) is 17.7 Å². The van der Waals surface area contributed by atoms with Crippen molar-refractivity contribution in [3.8, 4) is 0 Å². The minimum Gasteiger partial charge on any atom is -0.260 e. The molecular formula is C22H21F3N2O2S. The third-order valence-corrected chi connectivity index (χ3v) is 6.38. The van der Waals surface area contributed by atoms with E-state index in [2.05, 4.69) is 4.98 Å². The van der Waals surface area contributed by atoms with Gasteiger partial charge in [0, 0.05) is 12.7 Å². The highest BCUT2D eigenvalue weighted by Crippen LogP contribution is 2.29. The van der Waals surface area contributed by atoms with Gasteiger partial charge in [-0.3, -0.25) is 4.98 Å². The van der Waals surface area contributed by atoms with E-state index in [-0.39, 0.29) is 18.8 Å². The van der Waals surface area contributed by atoms with Crippen molar-refractivity contribution in [3.05, 3.63) is 101 Å². The standard InChI is InChI=1S/C22H21F3N2O2S/c23-22(24,25)20-11-9-19(10-12-20)17-30(28,29)27(16-21-8-4-5-14-26-21)15-13-18-6-2-1-3-7-18/h1-12,14H,13,15-17H2. The summed E-state index contributed by atoms with van der Waals surface area (Å²) in [7, 11) is -3.78. The van der Waals surface area contributed by atoms with Gasteiger partial charge in [-0.05, 0) is 41.8 Å². The Kier molecular flexibility index (Phi) is 6.89. The number of sulfonamides is 1. The van der Waals surface area contributed by atoms with Gasteiger partial charge in [-0.15, -0.1) is 0 Å². The Hall–Kier alpha value is -2.71. The van der Waals surface area contributed by atoms with E-state index in [1.165, 1.54) is 16.4 Å². The Labute approximate surface area is 174 Å². The summed E-state index contributed by atoms with van der Waals surface area (Å²) in [5.41, 5.74) is 1.08. The number of rotatable bonds is 8. The zero-order valence-electron chi connectivity index (χ0n) is 16.1.